The Labute approximate surface area is 102 Å². The fourth-order valence-electron chi connectivity index (χ4n) is 1.79. The summed E-state index contributed by atoms with van der Waals surface area (Å²) in [7, 11) is 1.64. The Hall–Kier alpha value is -1.88. The second-order valence-electron chi connectivity index (χ2n) is 3.64. The number of hydrogen-bond donors (Lipinski definition) is 0. The highest BCUT2D eigenvalue weighted by molar-refractivity contribution is 7.09. The molecular formula is C12H11N3OS. The fourth-order valence-corrected chi connectivity index (χ4v) is 2.49. The molecule has 5 heteroatoms. The Balaban J connectivity index is 2.06. The van der Waals surface area contributed by atoms with Crippen molar-refractivity contribution < 1.29 is 4.74 Å². The van der Waals surface area contributed by atoms with E-state index in [4.69, 9.17) is 4.74 Å². The standard InChI is InChI=1S/C12H11N3OS/c1-16-10-5-2-6-15-11(13-14-12(10)15)8-9-4-3-7-17-9/h2-7H,8H2,1H3. The van der Waals surface area contributed by atoms with Crippen molar-refractivity contribution in [2.45, 2.75) is 6.42 Å². The van der Waals surface area contributed by atoms with Crippen LogP contribution in [-0.2, 0) is 6.42 Å². The Morgan fingerprint density at radius 1 is 1.29 bits per heavy atom. The summed E-state index contributed by atoms with van der Waals surface area (Å²) in [6.45, 7) is 0. The predicted molar refractivity (Wildman–Crippen MR) is 66.7 cm³/mol. The number of methoxy groups -OCH3 is 1. The van der Waals surface area contributed by atoms with Crippen LogP contribution in [0, 0.1) is 0 Å². The number of aromatic nitrogens is 3. The van der Waals surface area contributed by atoms with E-state index in [1.54, 1.807) is 18.4 Å². The first kappa shape index (κ1) is 10.3. The summed E-state index contributed by atoms with van der Waals surface area (Å²) >= 11 is 1.73. The van der Waals surface area contributed by atoms with Gasteiger partial charge in [-0.25, -0.2) is 0 Å². The van der Waals surface area contributed by atoms with E-state index in [9.17, 15) is 0 Å². The van der Waals surface area contributed by atoms with E-state index >= 15 is 0 Å². The average Bonchev–Trinajstić information content (AvgIpc) is 2.99. The molecule has 0 amide bonds. The van der Waals surface area contributed by atoms with Crippen LogP contribution in [0.5, 0.6) is 5.75 Å². The van der Waals surface area contributed by atoms with E-state index < -0.39 is 0 Å². The minimum atomic E-state index is 0.748. The van der Waals surface area contributed by atoms with Gasteiger partial charge in [-0.2, -0.15) is 0 Å². The maximum Gasteiger partial charge on any atom is 0.203 e. The molecule has 0 bridgehead atoms. The van der Waals surface area contributed by atoms with Crippen molar-refractivity contribution in [3.8, 4) is 5.75 Å². The normalized spacial score (nSPS) is 10.9. The van der Waals surface area contributed by atoms with E-state index in [1.807, 2.05) is 28.8 Å². The highest BCUT2D eigenvalue weighted by Gasteiger charge is 2.10. The van der Waals surface area contributed by atoms with Crippen LogP contribution in [0.15, 0.2) is 35.8 Å². The first-order valence-electron chi connectivity index (χ1n) is 5.27. The minimum Gasteiger partial charge on any atom is -0.493 e. The van der Waals surface area contributed by atoms with E-state index in [0.717, 1.165) is 23.6 Å². The molecule has 0 saturated carbocycles. The van der Waals surface area contributed by atoms with Crippen LogP contribution in [0.2, 0.25) is 0 Å². The van der Waals surface area contributed by atoms with Crippen LogP contribution in [0.3, 0.4) is 0 Å². The first-order valence-corrected chi connectivity index (χ1v) is 6.15. The predicted octanol–water partition coefficient (Wildman–Crippen LogP) is 2.39. The van der Waals surface area contributed by atoms with Gasteiger partial charge in [0.15, 0.2) is 5.75 Å². The maximum atomic E-state index is 5.26. The summed E-state index contributed by atoms with van der Waals surface area (Å²) in [5.74, 6) is 1.68. The topological polar surface area (TPSA) is 39.4 Å². The number of nitrogens with zero attached hydrogens (tertiary/aromatic N) is 3. The molecule has 0 aliphatic heterocycles. The van der Waals surface area contributed by atoms with Crippen molar-refractivity contribution in [2.24, 2.45) is 0 Å². The van der Waals surface area contributed by atoms with Crippen LogP contribution in [0.4, 0.5) is 0 Å². The van der Waals surface area contributed by atoms with Gasteiger partial charge in [0.2, 0.25) is 5.65 Å². The van der Waals surface area contributed by atoms with Crippen molar-refractivity contribution in [1.82, 2.24) is 14.6 Å². The lowest BCUT2D eigenvalue weighted by Gasteiger charge is -2.01. The number of rotatable bonds is 3. The molecule has 0 fully saturated rings. The molecule has 4 nitrogen and oxygen atoms in total. The Bertz CT molecular complexity index is 630. The molecule has 0 N–H and O–H groups in total. The molecule has 0 aliphatic carbocycles. The molecule has 0 spiro atoms. The molecule has 0 aliphatic rings. The number of fused-ring (bicyclic) bond motifs is 1. The van der Waals surface area contributed by atoms with Crippen molar-refractivity contribution in [3.63, 3.8) is 0 Å². The molecule has 3 rings (SSSR count). The summed E-state index contributed by atoms with van der Waals surface area (Å²) < 4.78 is 7.23. The van der Waals surface area contributed by atoms with Crippen molar-refractivity contribution in [3.05, 3.63) is 46.5 Å². The highest BCUT2D eigenvalue weighted by atomic mass is 32.1. The van der Waals surface area contributed by atoms with Crippen molar-refractivity contribution in [1.29, 1.82) is 0 Å². The molecule has 86 valence electrons. The van der Waals surface area contributed by atoms with E-state index in [2.05, 4.69) is 21.6 Å². The maximum absolute atomic E-state index is 5.26. The summed E-state index contributed by atoms with van der Waals surface area (Å²) in [5, 5.41) is 10.4. The molecular weight excluding hydrogens is 234 g/mol. The Morgan fingerprint density at radius 3 is 3.00 bits per heavy atom. The zero-order valence-electron chi connectivity index (χ0n) is 9.33. The van der Waals surface area contributed by atoms with Crippen LogP contribution < -0.4 is 4.74 Å². The molecule has 0 radical (unpaired) electrons. The Kier molecular flexibility index (Phi) is 2.53. The van der Waals surface area contributed by atoms with Gasteiger partial charge in [-0.05, 0) is 23.6 Å². The van der Waals surface area contributed by atoms with Gasteiger partial charge < -0.3 is 4.74 Å². The van der Waals surface area contributed by atoms with Crippen LogP contribution >= 0.6 is 11.3 Å². The highest BCUT2D eigenvalue weighted by Crippen LogP contribution is 2.20. The second kappa shape index (κ2) is 4.18. The lowest BCUT2D eigenvalue weighted by atomic mass is 10.3. The van der Waals surface area contributed by atoms with Gasteiger partial charge in [0.05, 0.1) is 7.11 Å². The van der Waals surface area contributed by atoms with Gasteiger partial charge >= 0.3 is 0 Å². The SMILES string of the molecule is COc1cccn2c(Cc3cccs3)nnc12. The molecule has 3 heterocycles. The number of thiophene rings is 1. The number of hydrogen-bond acceptors (Lipinski definition) is 4. The number of ether oxygens (including phenoxy) is 1. The lowest BCUT2D eigenvalue weighted by molar-refractivity contribution is 0.416. The summed E-state index contributed by atoms with van der Waals surface area (Å²) in [6, 6.07) is 7.97. The van der Waals surface area contributed by atoms with Crippen molar-refractivity contribution >= 4 is 17.0 Å². The quantitative estimate of drug-likeness (QED) is 0.711. The minimum absolute atomic E-state index is 0.748. The third kappa shape index (κ3) is 1.78. The summed E-state index contributed by atoms with van der Waals surface area (Å²) in [4.78, 5) is 1.28. The molecule has 0 aromatic carbocycles. The van der Waals surface area contributed by atoms with Gasteiger partial charge in [-0.3, -0.25) is 4.40 Å². The lowest BCUT2D eigenvalue weighted by Crippen LogP contribution is -1.95. The van der Waals surface area contributed by atoms with Crippen LogP contribution in [-0.4, -0.2) is 21.7 Å². The summed E-state index contributed by atoms with van der Waals surface area (Å²) in [5.41, 5.74) is 0.765. The van der Waals surface area contributed by atoms with Gasteiger partial charge in [0, 0.05) is 17.5 Å². The zero-order valence-corrected chi connectivity index (χ0v) is 10.1. The molecule has 0 saturated heterocycles. The second-order valence-corrected chi connectivity index (χ2v) is 4.67. The molecule has 3 aromatic heterocycles. The van der Waals surface area contributed by atoms with Crippen molar-refractivity contribution in [2.75, 3.05) is 7.11 Å². The largest absolute Gasteiger partial charge is 0.493 e. The smallest absolute Gasteiger partial charge is 0.203 e. The van der Waals surface area contributed by atoms with Crippen LogP contribution in [0.25, 0.3) is 5.65 Å². The molecule has 0 atom stereocenters. The summed E-state index contributed by atoms with van der Waals surface area (Å²) in [6.07, 6.45) is 2.76. The van der Waals surface area contributed by atoms with Gasteiger partial charge in [-0.1, -0.05) is 6.07 Å². The monoisotopic (exact) mass is 245 g/mol. The van der Waals surface area contributed by atoms with Gasteiger partial charge in [0.25, 0.3) is 0 Å². The van der Waals surface area contributed by atoms with E-state index in [-0.39, 0.29) is 0 Å². The van der Waals surface area contributed by atoms with E-state index in [0.29, 0.717) is 0 Å². The molecule has 17 heavy (non-hydrogen) atoms. The van der Waals surface area contributed by atoms with Gasteiger partial charge in [0.1, 0.15) is 5.82 Å². The zero-order chi connectivity index (χ0) is 11.7. The number of pyridine rings is 1. The van der Waals surface area contributed by atoms with Crippen LogP contribution in [0.1, 0.15) is 10.7 Å². The van der Waals surface area contributed by atoms with Gasteiger partial charge in [-0.15, -0.1) is 21.5 Å². The first-order chi connectivity index (χ1) is 8.38. The Morgan fingerprint density at radius 2 is 2.24 bits per heavy atom. The average molecular weight is 245 g/mol. The fraction of sp³-hybridized carbons (Fsp3) is 0.167. The molecule has 3 aromatic rings. The van der Waals surface area contributed by atoms with E-state index in [1.165, 1.54) is 4.88 Å². The molecule has 0 unspecified atom stereocenters. The third-order valence-electron chi connectivity index (χ3n) is 2.60. The third-order valence-corrected chi connectivity index (χ3v) is 3.48.